The molecule has 12 heavy (non-hydrogen) atoms. The molecule has 0 aromatic carbocycles. The fourth-order valence-electron chi connectivity index (χ4n) is 1.36. The van der Waals surface area contributed by atoms with E-state index in [2.05, 4.69) is 4.57 Å². The lowest BCUT2D eigenvalue weighted by Crippen LogP contribution is -3.00. The standard InChI is InChI=1S/C9H10NO.HI/c1-7-6-11-8-4-3-5-10(2)9(7)8;/h3-6H,1-2H3;1H/q+1;/p-1. The van der Waals surface area contributed by atoms with E-state index in [4.69, 9.17) is 4.42 Å². The van der Waals surface area contributed by atoms with Crippen LogP contribution in [0.5, 0.6) is 0 Å². The van der Waals surface area contributed by atoms with Crippen LogP contribution in [0.15, 0.2) is 29.0 Å². The summed E-state index contributed by atoms with van der Waals surface area (Å²) in [6, 6.07) is 3.95. The lowest BCUT2D eigenvalue weighted by atomic mass is 10.3. The fraction of sp³-hybridized carbons (Fsp3) is 0.222. The molecule has 2 heterocycles. The van der Waals surface area contributed by atoms with E-state index in [1.165, 1.54) is 11.1 Å². The Morgan fingerprint density at radius 2 is 2.17 bits per heavy atom. The molecule has 0 aliphatic heterocycles. The zero-order valence-corrected chi connectivity index (χ0v) is 9.20. The van der Waals surface area contributed by atoms with Gasteiger partial charge in [0.15, 0.2) is 11.8 Å². The second-order valence-corrected chi connectivity index (χ2v) is 2.75. The van der Waals surface area contributed by atoms with Crippen LogP contribution in [0.2, 0.25) is 0 Å². The summed E-state index contributed by atoms with van der Waals surface area (Å²) in [6.45, 7) is 2.05. The Morgan fingerprint density at radius 1 is 1.42 bits per heavy atom. The second kappa shape index (κ2) is 3.43. The molecular weight excluding hydrogens is 265 g/mol. The van der Waals surface area contributed by atoms with Crippen molar-refractivity contribution in [3.05, 3.63) is 30.2 Å². The van der Waals surface area contributed by atoms with Gasteiger partial charge in [-0.1, -0.05) is 0 Å². The smallest absolute Gasteiger partial charge is 0.254 e. The van der Waals surface area contributed by atoms with Crippen molar-refractivity contribution >= 4 is 11.1 Å². The van der Waals surface area contributed by atoms with Gasteiger partial charge in [0.05, 0.1) is 5.56 Å². The molecule has 0 aliphatic rings. The lowest BCUT2D eigenvalue weighted by molar-refractivity contribution is -0.645. The lowest BCUT2D eigenvalue weighted by Gasteiger charge is -1.87. The monoisotopic (exact) mass is 275 g/mol. The van der Waals surface area contributed by atoms with Crippen LogP contribution in [0.3, 0.4) is 0 Å². The minimum Gasteiger partial charge on any atom is -1.00 e. The first-order chi connectivity index (χ1) is 5.29. The number of furan rings is 1. The molecule has 0 unspecified atom stereocenters. The van der Waals surface area contributed by atoms with Gasteiger partial charge in [-0.15, -0.1) is 0 Å². The Labute approximate surface area is 88.2 Å². The molecule has 2 aromatic rings. The summed E-state index contributed by atoms with van der Waals surface area (Å²) >= 11 is 0. The summed E-state index contributed by atoms with van der Waals surface area (Å²) in [5.74, 6) is 0. The maximum atomic E-state index is 5.31. The SMILES string of the molecule is Cc1coc2ccc[n+](C)c12.[I-]. The molecule has 0 bridgehead atoms. The minimum atomic E-state index is 0. The highest BCUT2D eigenvalue weighted by molar-refractivity contribution is 5.72. The molecule has 64 valence electrons. The summed E-state index contributed by atoms with van der Waals surface area (Å²) in [5.41, 5.74) is 3.31. The summed E-state index contributed by atoms with van der Waals surface area (Å²) in [7, 11) is 2.02. The predicted molar refractivity (Wildman–Crippen MR) is 42.1 cm³/mol. The van der Waals surface area contributed by atoms with Gasteiger partial charge in [0, 0.05) is 6.07 Å². The molecule has 0 aliphatic carbocycles. The van der Waals surface area contributed by atoms with Gasteiger partial charge in [-0.25, -0.2) is 0 Å². The number of aryl methyl sites for hydroxylation is 2. The number of hydrogen-bond donors (Lipinski definition) is 0. The molecule has 0 amide bonds. The van der Waals surface area contributed by atoms with E-state index in [1.54, 1.807) is 6.26 Å². The molecule has 0 spiro atoms. The van der Waals surface area contributed by atoms with E-state index in [-0.39, 0.29) is 24.0 Å². The van der Waals surface area contributed by atoms with Crippen molar-refractivity contribution in [2.75, 3.05) is 0 Å². The predicted octanol–water partition coefficient (Wildman–Crippen LogP) is -1.43. The van der Waals surface area contributed by atoms with E-state index < -0.39 is 0 Å². The van der Waals surface area contributed by atoms with Gasteiger partial charge in [0.25, 0.3) is 5.52 Å². The first kappa shape index (κ1) is 9.51. The molecule has 3 heteroatoms. The molecule has 0 saturated heterocycles. The van der Waals surface area contributed by atoms with E-state index in [9.17, 15) is 0 Å². The number of pyridine rings is 1. The van der Waals surface area contributed by atoms with Crippen LogP contribution in [-0.2, 0) is 7.05 Å². The summed E-state index contributed by atoms with van der Waals surface area (Å²) in [5, 5.41) is 0. The molecule has 0 fully saturated rings. The Hall–Kier alpha value is -0.580. The van der Waals surface area contributed by atoms with Gasteiger partial charge >= 0.3 is 0 Å². The van der Waals surface area contributed by atoms with Gasteiger partial charge in [0.2, 0.25) is 0 Å². The number of aromatic nitrogens is 1. The van der Waals surface area contributed by atoms with Gasteiger partial charge in [-0.3, -0.25) is 0 Å². The topological polar surface area (TPSA) is 17.0 Å². The third-order valence-corrected chi connectivity index (χ3v) is 1.88. The number of hydrogen-bond acceptors (Lipinski definition) is 1. The van der Waals surface area contributed by atoms with Gasteiger partial charge in [-0.2, -0.15) is 4.57 Å². The highest BCUT2D eigenvalue weighted by Crippen LogP contribution is 2.14. The molecule has 0 N–H and O–H groups in total. The largest absolute Gasteiger partial charge is 1.00 e. The maximum Gasteiger partial charge on any atom is 0.254 e. The maximum absolute atomic E-state index is 5.31. The highest BCUT2D eigenvalue weighted by Gasteiger charge is 2.09. The van der Waals surface area contributed by atoms with E-state index in [1.807, 2.05) is 32.3 Å². The third-order valence-electron chi connectivity index (χ3n) is 1.88. The number of rotatable bonds is 0. The van der Waals surface area contributed by atoms with Crippen molar-refractivity contribution < 1.29 is 33.0 Å². The van der Waals surface area contributed by atoms with Crippen molar-refractivity contribution in [3.8, 4) is 0 Å². The summed E-state index contributed by atoms with van der Waals surface area (Å²) in [6.07, 6.45) is 3.80. The van der Waals surface area contributed by atoms with Crippen molar-refractivity contribution in [1.29, 1.82) is 0 Å². The average Bonchev–Trinajstić information content (AvgIpc) is 2.34. The Balaban J connectivity index is 0.000000720. The Morgan fingerprint density at radius 3 is 2.83 bits per heavy atom. The first-order valence-electron chi connectivity index (χ1n) is 3.61. The zero-order chi connectivity index (χ0) is 7.84. The van der Waals surface area contributed by atoms with Crippen LogP contribution in [0, 0.1) is 6.92 Å². The molecule has 0 radical (unpaired) electrons. The molecule has 2 aromatic heterocycles. The normalized spacial score (nSPS) is 9.83. The molecule has 2 nitrogen and oxygen atoms in total. The summed E-state index contributed by atoms with van der Waals surface area (Å²) < 4.78 is 7.37. The summed E-state index contributed by atoms with van der Waals surface area (Å²) in [4.78, 5) is 0. The van der Waals surface area contributed by atoms with Gasteiger partial charge in [0.1, 0.15) is 13.3 Å². The number of nitrogens with zero attached hydrogens (tertiary/aromatic N) is 1. The fourth-order valence-corrected chi connectivity index (χ4v) is 1.36. The Bertz CT molecular complexity index is 394. The van der Waals surface area contributed by atoms with Crippen LogP contribution in [0.4, 0.5) is 0 Å². The zero-order valence-electron chi connectivity index (χ0n) is 7.04. The van der Waals surface area contributed by atoms with Crippen molar-refractivity contribution in [2.24, 2.45) is 7.05 Å². The van der Waals surface area contributed by atoms with Crippen LogP contribution in [-0.4, -0.2) is 0 Å². The number of halogens is 1. The van der Waals surface area contributed by atoms with Crippen LogP contribution in [0.1, 0.15) is 5.56 Å². The van der Waals surface area contributed by atoms with Gasteiger partial charge < -0.3 is 28.4 Å². The Kier molecular flexibility index (Phi) is 2.72. The van der Waals surface area contributed by atoms with Crippen molar-refractivity contribution in [2.45, 2.75) is 6.92 Å². The van der Waals surface area contributed by atoms with E-state index in [0.717, 1.165) is 5.58 Å². The van der Waals surface area contributed by atoms with Gasteiger partial charge in [-0.05, 0) is 13.0 Å². The quantitative estimate of drug-likeness (QED) is 0.425. The minimum absolute atomic E-state index is 0. The average molecular weight is 275 g/mol. The van der Waals surface area contributed by atoms with E-state index >= 15 is 0 Å². The first-order valence-corrected chi connectivity index (χ1v) is 3.61. The van der Waals surface area contributed by atoms with Crippen LogP contribution < -0.4 is 28.5 Å². The second-order valence-electron chi connectivity index (χ2n) is 2.75. The molecule has 0 saturated carbocycles. The van der Waals surface area contributed by atoms with Crippen LogP contribution >= 0.6 is 0 Å². The van der Waals surface area contributed by atoms with E-state index in [0.29, 0.717) is 0 Å². The molecule has 2 rings (SSSR count). The molecule has 0 atom stereocenters. The highest BCUT2D eigenvalue weighted by atomic mass is 127. The van der Waals surface area contributed by atoms with Crippen LogP contribution in [0.25, 0.3) is 11.1 Å². The van der Waals surface area contributed by atoms with Crippen molar-refractivity contribution in [3.63, 3.8) is 0 Å². The third kappa shape index (κ3) is 1.33. The number of fused-ring (bicyclic) bond motifs is 1. The molecular formula is C9H10INO. The van der Waals surface area contributed by atoms with Crippen molar-refractivity contribution in [1.82, 2.24) is 0 Å².